The van der Waals surface area contributed by atoms with Crippen molar-refractivity contribution < 1.29 is 9.13 Å². The molecule has 1 atom stereocenters. The molecule has 0 aliphatic rings. The molecular formula is C23H24FOP. The first-order chi connectivity index (χ1) is 12.6. The van der Waals surface area contributed by atoms with Crippen LogP contribution in [0.25, 0.3) is 22.3 Å². The monoisotopic (exact) mass is 366 g/mol. The van der Waals surface area contributed by atoms with Crippen LogP contribution in [0, 0.1) is 5.82 Å². The minimum Gasteiger partial charge on any atom is -0.491 e. The van der Waals surface area contributed by atoms with E-state index in [0.29, 0.717) is 17.7 Å². The largest absolute Gasteiger partial charge is 0.491 e. The molecule has 0 aliphatic carbocycles. The molecule has 0 fully saturated rings. The van der Waals surface area contributed by atoms with E-state index in [4.69, 9.17) is 4.74 Å². The van der Waals surface area contributed by atoms with Gasteiger partial charge in [-0.15, -0.1) is 9.24 Å². The Morgan fingerprint density at radius 2 is 1.38 bits per heavy atom. The summed E-state index contributed by atoms with van der Waals surface area (Å²) in [5.74, 6) is -0.0185. The van der Waals surface area contributed by atoms with Gasteiger partial charge in [-0.25, -0.2) is 4.39 Å². The highest BCUT2D eigenvalue weighted by Crippen LogP contribution is 2.28. The maximum absolute atomic E-state index is 14.4. The number of hydrogen-bond acceptors (Lipinski definition) is 1. The smallest absolute Gasteiger partial charge is 0.172 e. The summed E-state index contributed by atoms with van der Waals surface area (Å²) in [5.41, 5.74) is 5.57. The Hall–Kier alpha value is -2.18. The van der Waals surface area contributed by atoms with Gasteiger partial charge in [-0.1, -0.05) is 61.9 Å². The molecule has 26 heavy (non-hydrogen) atoms. The first-order valence-corrected chi connectivity index (χ1v) is 9.62. The van der Waals surface area contributed by atoms with Crippen molar-refractivity contribution in [1.29, 1.82) is 0 Å². The molecule has 0 aromatic heterocycles. The van der Waals surface area contributed by atoms with Crippen LogP contribution in [0.5, 0.6) is 5.75 Å². The molecular weight excluding hydrogens is 342 g/mol. The summed E-state index contributed by atoms with van der Waals surface area (Å²) in [5, 5.41) is 0.535. The van der Waals surface area contributed by atoms with Crippen LogP contribution in [0.2, 0.25) is 0 Å². The second-order valence-electron chi connectivity index (χ2n) is 6.30. The van der Waals surface area contributed by atoms with Crippen molar-refractivity contribution in [3.05, 3.63) is 72.0 Å². The third-order valence-electron chi connectivity index (χ3n) is 4.47. The SMILES string of the molecule is CCCc1ccc(-c2ccc(-c3ccc(OCC)c(F)c3P)cc2)cc1. The lowest BCUT2D eigenvalue weighted by molar-refractivity contribution is 0.323. The average Bonchev–Trinajstić information content (AvgIpc) is 2.67. The molecule has 1 nitrogen and oxygen atoms in total. The van der Waals surface area contributed by atoms with Crippen molar-refractivity contribution in [2.75, 3.05) is 6.61 Å². The van der Waals surface area contributed by atoms with Gasteiger partial charge in [0.05, 0.1) is 6.61 Å². The fraction of sp³-hybridized carbons (Fsp3) is 0.217. The summed E-state index contributed by atoms with van der Waals surface area (Å²) in [6.45, 7) is 4.49. The fourth-order valence-corrected chi connectivity index (χ4v) is 3.49. The zero-order valence-corrected chi connectivity index (χ0v) is 16.4. The predicted octanol–water partition coefficient (Wildman–Crippen LogP) is 6.01. The number of hydrogen-bond donors (Lipinski definition) is 0. The van der Waals surface area contributed by atoms with Gasteiger partial charge in [0.2, 0.25) is 0 Å². The van der Waals surface area contributed by atoms with E-state index < -0.39 is 0 Å². The Morgan fingerprint density at radius 1 is 0.808 bits per heavy atom. The highest BCUT2D eigenvalue weighted by atomic mass is 31.0. The van der Waals surface area contributed by atoms with Gasteiger partial charge < -0.3 is 4.74 Å². The molecule has 0 bridgehead atoms. The molecule has 3 heteroatoms. The van der Waals surface area contributed by atoms with Gasteiger partial charge in [0.15, 0.2) is 11.6 Å². The van der Waals surface area contributed by atoms with E-state index in [1.807, 2.05) is 25.1 Å². The van der Waals surface area contributed by atoms with Gasteiger partial charge >= 0.3 is 0 Å². The van der Waals surface area contributed by atoms with Gasteiger partial charge in [-0.2, -0.15) is 0 Å². The molecule has 0 N–H and O–H groups in total. The van der Waals surface area contributed by atoms with Gasteiger partial charge in [0.25, 0.3) is 0 Å². The molecule has 0 amide bonds. The first-order valence-electron chi connectivity index (χ1n) is 9.04. The number of ether oxygens (including phenoxy) is 1. The Balaban J connectivity index is 1.87. The summed E-state index contributed by atoms with van der Waals surface area (Å²) in [4.78, 5) is 0. The van der Waals surface area contributed by atoms with Crippen molar-refractivity contribution >= 4 is 14.5 Å². The summed E-state index contributed by atoms with van der Waals surface area (Å²) in [6.07, 6.45) is 2.27. The molecule has 134 valence electrons. The molecule has 0 radical (unpaired) electrons. The average molecular weight is 366 g/mol. The van der Waals surface area contributed by atoms with Crippen molar-refractivity contribution in [2.45, 2.75) is 26.7 Å². The zero-order chi connectivity index (χ0) is 18.5. The quantitative estimate of drug-likeness (QED) is 0.485. The number of halogens is 1. The number of aryl methyl sites for hydroxylation is 1. The van der Waals surface area contributed by atoms with E-state index in [-0.39, 0.29) is 5.82 Å². The zero-order valence-electron chi connectivity index (χ0n) is 15.3. The van der Waals surface area contributed by atoms with E-state index in [2.05, 4.69) is 52.6 Å². The standard InChI is InChI=1S/C23H24FOP/c1-3-5-16-6-8-17(9-7-16)18-10-12-19(13-11-18)20-14-15-21(25-4-2)22(24)23(20)26/h6-15H,3-5,26H2,1-2H3. The number of rotatable bonds is 6. The van der Waals surface area contributed by atoms with E-state index in [9.17, 15) is 4.39 Å². The Labute approximate surface area is 157 Å². The van der Waals surface area contributed by atoms with Gasteiger partial charge in [-0.05, 0) is 53.3 Å². The van der Waals surface area contributed by atoms with Crippen LogP contribution in [-0.2, 0) is 6.42 Å². The first kappa shape index (κ1) is 18.6. The predicted molar refractivity (Wildman–Crippen MR) is 112 cm³/mol. The molecule has 3 aromatic rings. The molecule has 3 rings (SSSR count). The summed E-state index contributed by atoms with van der Waals surface area (Å²) in [7, 11) is 2.50. The molecule has 0 saturated carbocycles. The van der Waals surface area contributed by atoms with Crippen molar-refractivity contribution in [3.63, 3.8) is 0 Å². The van der Waals surface area contributed by atoms with Gasteiger partial charge in [-0.3, -0.25) is 0 Å². The lowest BCUT2D eigenvalue weighted by atomic mass is 9.99. The maximum atomic E-state index is 14.4. The van der Waals surface area contributed by atoms with Crippen LogP contribution >= 0.6 is 9.24 Å². The molecule has 0 spiro atoms. The summed E-state index contributed by atoms with van der Waals surface area (Å²) in [6, 6.07) is 20.6. The lowest BCUT2D eigenvalue weighted by Crippen LogP contribution is -2.07. The second kappa shape index (κ2) is 8.47. The fourth-order valence-electron chi connectivity index (χ4n) is 3.09. The Kier molecular flexibility index (Phi) is 6.06. The van der Waals surface area contributed by atoms with E-state index in [0.717, 1.165) is 29.5 Å². The summed E-state index contributed by atoms with van der Waals surface area (Å²) >= 11 is 0. The molecule has 0 aliphatic heterocycles. The highest BCUT2D eigenvalue weighted by molar-refractivity contribution is 7.28. The third kappa shape index (κ3) is 3.97. The minimum absolute atomic E-state index is 0.296. The van der Waals surface area contributed by atoms with Crippen LogP contribution in [0.4, 0.5) is 4.39 Å². The van der Waals surface area contributed by atoms with Crippen LogP contribution in [-0.4, -0.2) is 6.61 Å². The third-order valence-corrected chi connectivity index (χ3v) is 5.03. The van der Waals surface area contributed by atoms with Crippen molar-refractivity contribution in [3.8, 4) is 28.0 Å². The normalized spacial score (nSPS) is 10.8. The molecule has 0 heterocycles. The molecule has 1 unspecified atom stereocenters. The van der Waals surface area contributed by atoms with Crippen molar-refractivity contribution in [1.82, 2.24) is 0 Å². The van der Waals surface area contributed by atoms with Crippen LogP contribution in [0.15, 0.2) is 60.7 Å². The summed E-state index contributed by atoms with van der Waals surface area (Å²) < 4.78 is 19.8. The highest BCUT2D eigenvalue weighted by Gasteiger charge is 2.12. The van der Waals surface area contributed by atoms with E-state index in [1.54, 1.807) is 6.07 Å². The maximum Gasteiger partial charge on any atom is 0.172 e. The second-order valence-corrected chi connectivity index (χ2v) is 6.87. The van der Waals surface area contributed by atoms with Gasteiger partial charge in [0, 0.05) is 5.30 Å². The molecule has 3 aromatic carbocycles. The number of benzene rings is 3. The van der Waals surface area contributed by atoms with Crippen LogP contribution in [0.1, 0.15) is 25.8 Å². The minimum atomic E-state index is -0.315. The van der Waals surface area contributed by atoms with Gasteiger partial charge in [0.1, 0.15) is 0 Å². The molecule has 0 saturated heterocycles. The topological polar surface area (TPSA) is 9.23 Å². The Morgan fingerprint density at radius 3 is 1.96 bits per heavy atom. The lowest BCUT2D eigenvalue weighted by Gasteiger charge is -2.12. The van der Waals surface area contributed by atoms with E-state index in [1.165, 1.54) is 11.1 Å². The van der Waals surface area contributed by atoms with Crippen LogP contribution < -0.4 is 10.0 Å². The van der Waals surface area contributed by atoms with Crippen LogP contribution in [0.3, 0.4) is 0 Å². The van der Waals surface area contributed by atoms with Crippen molar-refractivity contribution in [2.24, 2.45) is 0 Å². The van der Waals surface area contributed by atoms with E-state index >= 15 is 0 Å². The Bertz CT molecular complexity index is 870.